The van der Waals surface area contributed by atoms with Crippen molar-refractivity contribution in [1.82, 2.24) is 0 Å². The predicted octanol–water partition coefficient (Wildman–Crippen LogP) is 5.35. The van der Waals surface area contributed by atoms with Gasteiger partial charge in [-0.15, -0.1) is 0 Å². The van der Waals surface area contributed by atoms with Crippen molar-refractivity contribution in [1.29, 1.82) is 0 Å². The number of halogens is 2. The third-order valence-corrected chi connectivity index (χ3v) is 4.25. The molecule has 0 fully saturated rings. The van der Waals surface area contributed by atoms with Gasteiger partial charge in [-0.2, -0.15) is 0 Å². The number of nitro groups is 1. The summed E-state index contributed by atoms with van der Waals surface area (Å²) >= 11 is 6.75. The molecule has 0 aliphatic heterocycles. The lowest BCUT2D eigenvalue weighted by Gasteiger charge is -2.10. The van der Waals surface area contributed by atoms with Gasteiger partial charge in [0, 0.05) is 27.5 Å². The van der Waals surface area contributed by atoms with Crippen molar-refractivity contribution in [2.45, 2.75) is 12.3 Å². The first-order valence-electron chi connectivity index (χ1n) is 5.78. The van der Waals surface area contributed by atoms with Gasteiger partial charge in [0.15, 0.2) is 0 Å². The van der Waals surface area contributed by atoms with Crippen molar-refractivity contribution in [2.24, 2.45) is 0 Å². The summed E-state index contributed by atoms with van der Waals surface area (Å²) in [6, 6.07) is 10.2. The molecule has 0 heterocycles. The minimum atomic E-state index is -0.417. The van der Waals surface area contributed by atoms with E-state index in [4.69, 9.17) is 4.74 Å². The molecule has 2 rings (SSSR count). The molecule has 0 saturated heterocycles. The Kier molecular flexibility index (Phi) is 4.77. The van der Waals surface area contributed by atoms with Crippen molar-refractivity contribution in [3.8, 4) is 11.5 Å². The van der Waals surface area contributed by atoms with Crippen LogP contribution in [0, 0.1) is 17.0 Å². The number of non-ortho nitro benzene ring substituents is 1. The number of hydrogen-bond acceptors (Lipinski definition) is 3. The first-order valence-corrected chi connectivity index (χ1v) is 7.70. The quantitative estimate of drug-likeness (QED) is 0.394. The SMILES string of the molecule is Cc1cc(Oc2ccc([N+](=O)[O-])cc2CBr)ccc1Br. The van der Waals surface area contributed by atoms with Gasteiger partial charge < -0.3 is 4.74 Å². The van der Waals surface area contributed by atoms with E-state index in [1.54, 1.807) is 6.07 Å². The summed E-state index contributed by atoms with van der Waals surface area (Å²) < 4.78 is 6.81. The van der Waals surface area contributed by atoms with Crippen molar-refractivity contribution < 1.29 is 9.66 Å². The lowest BCUT2D eigenvalue weighted by atomic mass is 10.2. The third kappa shape index (κ3) is 3.37. The molecule has 0 radical (unpaired) electrons. The molecule has 0 aliphatic rings. The van der Waals surface area contributed by atoms with Gasteiger partial charge in [0.2, 0.25) is 0 Å². The fourth-order valence-corrected chi connectivity index (χ4v) is 2.38. The standard InChI is InChI=1S/C14H11Br2NO3/c1-9-6-12(3-4-13(9)16)20-14-5-2-11(17(18)19)7-10(14)8-15/h2-7H,8H2,1H3. The Morgan fingerprint density at radius 2 is 2.00 bits per heavy atom. The molecule has 0 unspecified atom stereocenters. The average molecular weight is 401 g/mol. The molecule has 0 N–H and O–H groups in total. The largest absolute Gasteiger partial charge is 0.457 e. The van der Waals surface area contributed by atoms with Gasteiger partial charge in [0.1, 0.15) is 11.5 Å². The number of alkyl halides is 1. The van der Waals surface area contributed by atoms with Gasteiger partial charge >= 0.3 is 0 Å². The molecule has 20 heavy (non-hydrogen) atoms. The van der Waals surface area contributed by atoms with Gasteiger partial charge in [-0.05, 0) is 36.8 Å². The average Bonchev–Trinajstić information content (AvgIpc) is 2.43. The van der Waals surface area contributed by atoms with Crippen LogP contribution in [0.5, 0.6) is 11.5 Å². The summed E-state index contributed by atoms with van der Waals surface area (Å²) in [6.45, 7) is 1.97. The van der Waals surface area contributed by atoms with E-state index < -0.39 is 4.92 Å². The van der Waals surface area contributed by atoms with Crippen LogP contribution in [0.4, 0.5) is 5.69 Å². The summed E-state index contributed by atoms with van der Waals surface area (Å²) in [4.78, 5) is 10.3. The Labute approximate surface area is 133 Å². The van der Waals surface area contributed by atoms with E-state index in [0.717, 1.165) is 15.6 Å². The second-order valence-electron chi connectivity index (χ2n) is 4.20. The highest BCUT2D eigenvalue weighted by molar-refractivity contribution is 9.10. The maximum Gasteiger partial charge on any atom is 0.270 e. The van der Waals surface area contributed by atoms with Crippen LogP contribution in [0.2, 0.25) is 0 Å². The van der Waals surface area contributed by atoms with E-state index in [9.17, 15) is 10.1 Å². The zero-order valence-corrected chi connectivity index (χ0v) is 13.8. The van der Waals surface area contributed by atoms with Gasteiger partial charge in [-0.3, -0.25) is 10.1 Å². The molecule has 2 aromatic carbocycles. The third-order valence-electron chi connectivity index (χ3n) is 2.76. The van der Waals surface area contributed by atoms with Crippen LogP contribution < -0.4 is 4.74 Å². The highest BCUT2D eigenvalue weighted by atomic mass is 79.9. The predicted molar refractivity (Wildman–Crippen MR) is 84.7 cm³/mol. The maximum absolute atomic E-state index is 10.8. The van der Waals surface area contributed by atoms with Crippen LogP contribution in [-0.4, -0.2) is 4.92 Å². The molecular weight excluding hydrogens is 390 g/mol. The highest BCUT2D eigenvalue weighted by Gasteiger charge is 2.12. The van der Waals surface area contributed by atoms with E-state index in [-0.39, 0.29) is 5.69 Å². The number of rotatable bonds is 4. The topological polar surface area (TPSA) is 52.4 Å². The summed E-state index contributed by atoms with van der Waals surface area (Å²) in [5.41, 5.74) is 1.85. The number of nitrogens with zero attached hydrogens (tertiary/aromatic N) is 1. The Morgan fingerprint density at radius 1 is 1.25 bits per heavy atom. The summed E-state index contributed by atoms with van der Waals surface area (Å²) in [5.74, 6) is 1.30. The highest BCUT2D eigenvalue weighted by Crippen LogP contribution is 2.31. The van der Waals surface area contributed by atoms with E-state index >= 15 is 0 Å². The normalized spacial score (nSPS) is 10.3. The molecule has 0 amide bonds. The van der Waals surface area contributed by atoms with Crippen LogP contribution in [0.15, 0.2) is 40.9 Å². The van der Waals surface area contributed by atoms with Gasteiger partial charge in [0.05, 0.1) is 4.92 Å². The van der Waals surface area contributed by atoms with Crippen molar-refractivity contribution in [3.05, 3.63) is 62.1 Å². The molecule has 4 nitrogen and oxygen atoms in total. The van der Waals surface area contributed by atoms with E-state index in [2.05, 4.69) is 31.9 Å². The van der Waals surface area contributed by atoms with Crippen LogP contribution in [-0.2, 0) is 5.33 Å². The lowest BCUT2D eigenvalue weighted by molar-refractivity contribution is -0.384. The molecular formula is C14H11Br2NO3. The number of ether oxygens (including phenoxy) is 1. The number of benzene rings is 2. The van der Waals surface area contributed by atoms with Crippen molar-refractivity contribution >= 4 is 37.5 Å². The van der Waals surface area contributed by atoms with Crippen LogP contribution >= 0.6 is 31.9 Å². The molecule has 0 spiro atoms. The monoisotopic (exact) mass is 399 g/mol. The van der Waals surface area contributed by atoms with E-state index in [1.165, 1.54) is 12.1 Å². The van der Waals surface area contributed by atoms with Gasteiger partial charge in [-0.25, -0.2) is 0 Å². The molecule has 0 saturated carbocycles. The number of hydrogen-bond donors (Lipinski definition) is 0. The van der Waals surface area contributed by atoms with Gasteiger partial charge in [0.25, 0.3) is 5.69 Å². The molecule has 0 bridgehead atoms. The van der Waals surface area contributed by atoms with Crippen molar-refractivity contribution in [3.63, 3.8) is 0 Å². The van der Waals surface area contributed by atoms with E-state index in [1.807, 2.05) is 25.1 Å². The zero-order chi connectivity index (χ0) is 14.7. The Hall–Kier alpha value is -1.40. The van der Waals surface area contributed by atoms with Crippen LogP contribution in [0.25, 0.3) is 0 Å². The molecule has 2 aromatic rings. The second-order valence-corrected chi connectivity index (χ2v) is 5.61. The number of nitro benzene ring substituents is 1. The molecule has 0 atom stereocenters. The Balaban J connectivity index is 2.32. The Bertz CT molecular complexity index is 659. The van der Waals surface area contributed by atoms with E-state index in [0.29, 0.717) is 16.8 Å². The zero-order valence-electron chi connectivity index (χ0n) is 10.6. The first kappa shape index (κ1) is 15.0. The first-order chi connectivity index (χ1) is 9.51. The minimum absolute atomic E-state index is 0.0544. The lowest BCUT2D eigenvalue weighted by Crippen LogP contribution is -1.93. The Morgan fingerprint density at radius 3 is 2.60 bits per heavy atom. The van der Waals surface area contributed by atoms with Crippen LogP contribution in [0.1, 0.15) is 11.1 Å². The fraction of sp³-hybridized carbons (Fsp3) is 0.143. The number of aryl methyl sites for hydroxylation is 1. The minimum Gasteiger partial charge on any atom is -0.457 e. The molecule has 0 aromatic heterocycles. The summed E-state index contributed by atoms with van der Waals surface area (Å²) in [7, 11) is 0. The summed E-state index contributed by atoms with van der Waals surface area (Å²) in [5, 5.41) is 11.3. The molecule has 0 aliphatic carbocycles. The smallest absolute Gasteiger partial charge is 0.270 e. The maximum atomic E-state index is 10.8. The fourth-order valence-electron chi connectivity index (χ4n) is 1.69. The van der Waals surface area contributed by atoms with Crippen molar-refractivity contribution in [2.75, 3.05) is 0 Å². The second kappa shape index (κ2) is 6.37. The van der Waals surface area contributed by atoms with Crippen LogP contribution in [0.3, 0.4) is 0 Å². The summed E-state index contributed by atoms with van der Waals surface area (Å²) in [6.07, 6.45) is 0. The molecule has 6 heteroatoms. The molecule has 104 valence electrons. The van der Waals surface area contributed by atoms with Gasteiger partial charge in [-0.1, -0.05) is 31.9 Å².